The van der Waals surface area contributed by atoms with Crippen molar-refractivity contribution in [2.24, 2.45) is 5.41 Å². The lowest BCUT2D eigenvalue weighted by Crippen LogP contribution is -2.68. The SMILES string of the molecule is COc1ccc(CNC(=O)NC2CC3(C2)CN(C(=O)Cc2ccccc2F)C3)cc1. The van der Waals surface area contributed by atoms with E-state index in [0.717, 1.165) is 24.2 Å². The fraction of sp³-hybridized carbons (Fsp3) is 0.391. The van der Waals surface area contributed by atoms with Gasteiger partial charge in [-0.15, -0.1) is 0 Å². The van der Waals surface area contributed by atoms with Gasteiger partial charge >= 0.3 is 6.03 Å². The highest BCUT2D eigenvalue weighted by molar-refractivity contribution is 5.80. The van der Waals surface area contributed by atoms with E-state index >= 15 is 0 Å². The molecule has 1 heterocycles. The van der Waals surface area contributed by atoms with Crippen molar-refractivity contribution >= 4 is 11.9 Å². The van der Waals surface area contributed by atoms with Crippen LogP contribution in [0.2, 0.25) is 0 Å². The second kappa shape index (κ2) is 8.34. The Morgan fingerprint density at radius 2 is 1.83 bits per heavy atom. The third-order valence-electron chi connectivity index (χ3n) is 6.01. The van der Waals surface area contributed by atoms with Gasteiger partial charge in [-0.25, -0.2) is 9.18 Å². The summed E-state index contributed by atoms with van der Waals surface area (Å²) in [5.74, 6) is 0.402. The van der Waals surface area contributed by atoms with Crippen LogP contribution in [0.5, 0.6) is 5.75 Å². The maximum Gasteiger partial charge on any atom is 0.315 e. The Morgan fingerprint density at radius 1 is 1.13 bits per heavy atom. The molecule has 0 bridgehead atoms. The van der Waals surface area contributed by atoms with Crippen molar-refractivity contribution in [2.45, 2.75) is 31.8 Å². The van der Waals surface area contributed by atoms with Crippen molar-refractivity contribution in [2.75, 3.05) is 20.2 Å². The number of likely N-dealkylation sites (tertiary alicyclic amines) is 1. The highest BCUT2D eigenvalue weighted by atomic mass is 19.1. The average molecular weight is 411 g/mol. The van der Waals surface area contributed by atoms with E-state index in [1.54, 1.807) is 30.2 Å². The monoisotopic (exact) mass is 411 g/mol. The number of nitrogens with one attached hydrogen (secondary N) is 2. The summed E-state index contributed by atoms with van der Waals surface area (Å²) in [4.78, 5) is 26.3. The van der Waals surface area contributed by atoms with Crippen molar-refractivity contribution in [1.82, 2.24) is 15.5 Å². The van der Waals surface area contributed by atoms with E-state index in [1.807, 2.05) is 24.3 Å². The van der Waals surface area contributed by atoms with Crippen LogP contribution in [0.15, 0.2) is 48.5 Å². The minimum Gasteiger partial charge on any atom is -0.497 e. The molecule has 2 aliphatic rings. The molecule has 0 atom stereocenters. The topological polar surface area (TPSA) is 70.7 Å². The quantitative estimate of drug-likeness (QED) is 0.768. The molecule has 1 aliphatic carbocycles. The van der Waals surface area contributed by atoms with Crippen molar-refractivity contribution in [3.05, 3.63) is 65.5 Å². The molecule has 4 rings (SSSR count). The van der Waals surface area contributed by atoms with Crippen LogP contribution >= 0.6 is 0 Å². The summed E-state index contributed by atoms with van der Waals surface area (Å²) in [5.41, 5.74) is 1.54. The van der Waals surface area contributed by atoms with E-state index in [1.165, 1.54) is 6.07 Å². The van der Waals surface area contributed by atoms with Gasteiger partial charge in [0.2, 0.25) is 5.91 Å². The predicted molar refractivity (Wildman–Crippen MR) is 111 cm³/mol. The lowest BCUT2D eigenvalue weighted by molar-refractivity contribution is -0.151. The number of ether oxygens (including phenoxy) is 1. The van der Waals surface area contributed by atoms with E-state index in [9.17, 15) is 14.0 Å². The molecule has 30 heavy (non-hydrogen) atoms. The summed E-state index contributed by atoms with van der Waals surface area (Å²) >= 11 is 0. The van der Waals surface area contributed by atoms with Crippen molar-refractivity contribution in [3.8, 4) is 5.75 Å². The van der Waals surface area contributed by atoms with Crippen LogP contribution in [0, 0.1) is 11.2 Å². The van der Waals surface area contributed by atoms with Gasteiger partial charge in [-0.2, -0.15) is 0 Å². The molecular weight excluding hydrogens is 385 g/mol. The third-order valence-corrected chi connectivity index (χ3v) is 6.01. The first-order valence-electron chi connectivity index (χ1n) is 10.1. The molecule has 1 saturated heterocycles. The molecule has 1 aliphatic heterocycles. The van der Waals surface area contributed by atoms with Crippen LogP contribution in [0.4, 0.5) is 9.18 Å². The molecule has 2 aromatic carbocycles. The number of hydrogen-bond donors (Lipinski definition) is 2. The summed E-state index contributed by atoms with van der Waals surface area (Å²) in [6, 6.07) is 13.9. The lowest BCUT2D eigenvalue weighted by atomic mass is 9.60. The first-order chi connectivity index (χ1) is 14.5. The van der Waals surface area contributed by atoms with Gasteiger partial charge in [-0.05, 0) is 42.2 Å². The largest absolute Gasteiger partial charge is 0.497 e. The van der Waals surface area contributed by atoms with Crippen molar-refractivity contribution in [1.29, 1.82) is 0 Å². The molecule has 0 aromatic heterocycles. The summed E-state index contributed by atoms with van der Waals surface area (Å²) in [7, 11) is 1.62. The number of halogens is 1. The maximum absolute atomic E-state index is 13.7. The highest BCUT2D eigenvalue weighted by Crippen LogP contribution is 2.48. The van der Waals surface area contributed by atoms with Crippen molar-refractivity contribution < 1.29 is 18.7 Å². The van der Waals surface area contributed by atoms with E-state index < -0.39 is 0 Å². The Balaban J connectivity index is 1.15. The van der Waals surface area contributed by atoms with Gasteiger partial charge in [0, 0.05) is 31.1 Å². The standard InChI is InChI=1S/C23H26FN3O3/c1-30-19-8-6-16(7-9-19)13-25-22(29)26-18-11-23(12-18)14-27(15-23)21(28)10-17-4-2-3-5-20(17)24/h2-9,18H,10-15H2,1H3,(H2,25,26,29). The zero-order valence-corrected chi connectivity index (χ0v) is 17.0. The number of benzene rings is 2. The maximum atomic E-state index is 13.7. The zero-order chi connectivity index (χ0) is 21.1. The second-order valence-corrected chi connectivity index (χ2v) is 8.30. The zero-order valence-electron chi connectivity index (χ0n) is 17.0. The summed E-state index contributed by atoms with van der Waals surface area (Å²) < 4.78 is 18.8. The van der Waals surface area contributed by atoms with Gasteiger partial charge in [-0.1, -0.05) is 30.3 Å². The van der Waals surface area contributed by atoms with E-state index in [0.29, 0.717) is 25.2 Å². The van der Waals surface area contributed by atoms with Gasteiger partial charge in [-0.3, -0.25) is 4.79 Å². The molecule has 0 unspecified atom stereocenters. The normalized spacial score (nSPS) is 17.1. The van der Waals surface area contributed by atoms with Crippen molar-refractivity contribution in [3.63, 3.8) is 0 Å². The van der Waals surface area contributed by atoms with Gasteiger partial charge in [0.15, 0.2) is 0 Å². The fourth-order valence-corrected chi connectivity index (χ4v) is 4.36. The van der Waals surface area contributed by atoms with E-state index in [4.69, 9.17) is 4.74 Å². The van der Waals surface area contributed by atoms with E-state index in [-0.39, 0.29) is 35.6 Å². The van der Waals surface area contributed by atoms with Crippen LogP contribution in [0.3, 0.4) is 0 Å². The van der Waals surface area contributed by atoms with Crippen LogP contribution in [0.25, 0.3) is 0 Å². The van der Waals surface area contributed by atoms with Crippen LogP contribution in [-0.2, 0) is 17.8 Å². The molecular formula is C23H26FN3O3. The lowest BCUT2D eigenvalue weighted by Gasteiger charge is -2.59. The number of nitrogens with zero attached hydrogens (tertiary/aromatic N) is 1. The fourth-order valence-electron chi connectivity index (χ4n) is 4.36. The minimum absolute atomic E-state index is 0.0423. The Labute approximate surface area is 175 Å². The third kappa shape index (κ3) is 4.40. The number of amides is 3. The summed E-state index contributed by atoms with van der Waals surface area (Å²) in [6.07, 6.45) is 1.83. The number of urea groups is 1. The van der Waals surface area contributed by atoms with Crippen LogP contribution < -0.4 is 15.4 Å². The van der Waals surface area contributed by atoms with Gasteiger partial charge < -0.3 is 20.3 Å². The first kappa shape index (κ1) is 20.2. The minimum atomic E-state index is -0.338. The molecule has 7 heteroatoms. The highest BCUT2D eigenvalue weighted by Gasteiger charge is 2.53. The number of rotatable bonds is 6. The number of carbonyl (C=O) groups is 2. The van der Waals surface area contributed by atoms with Gasteiger partial charge in [0.25, 0.3) is 0 Å². The number of hydrogen-bond acceptors (Lipinski definition) is 3. The molecule has 2 aromatic rings. The first-order valence-corrected chi connectivity index (χ1v) is 10.1. The smallest absolute Gasteiger partial charge is 0.315 e. The molecule has 1 saturated carbocycles. The summed E-state index contributed by atoms with van der Waals surface area (Å²) in [6.45, 7) is 1.82. The molecule has 2 fully saturated rings. The van der Waals surface area contributed by atoms with E-state index in [2.05, 4.69) is 10.6 Å². The second-order valence-electron chi connectivity index (χ2n) is 8.30. The Morgan fingerprint density at radius 3 is 2.50 bits per heavy atom. The van der Waals surface area contributed by atoms with Crippen LogP contribution in [-0.4, -0.2) is 43.1 Å². The summed E-state index contributed by atoms with van der Waals surface area (Å²) in [5, 5.41) is 5.86. The molecule has 2 N–H and O–H groups in total. The van der Waals surface area contributed by atoms with Gasteiger partial charge in [0.05, 0.1) is 13.5 Å². The molecule has 3 amide bonds. The molecule has 158 valence electrons. The van der Waals surface area contributed by atoms with Crippen LogP contribution in [0.1, 0.15) is 24.0 Å². The molecule has 1 spiro atoms. The Bertz CT molecular complexity index is 918. The number of carbonyl (C=O) groups excluding carboxylic acids is 2. The van der Waals surface area contributed by atoms with Gasteiger partial charge in [0.1, 0.15) is 11.6 Å². The Hall–Kier alpha value is -3.09. The Kier molecular flexibility index (Phi) is 5.61. The predicted octanol–water partition coefficient (Wildman–Crippen LogP) is 2.87. The molecule has 6 nitrogen and oxygen atoms in total. The molecule has 0 radical (unpaired) electrons. The number of methoxy groups -OCH3 is 1. The average Bonchev–Trinajstić information content (AvgIpc) is 2.69.